The molecule has 0 amide bonds. The maximum Gasteiger partial charge on any atom is 0.337 e. The molecule has 2 aliphatic heterocycles. The van der Waals surface area contributed by atoms with Crippen molar-refractivity contribution in [3.63, 3.8) is 0 Å². The van der Waals surface area contributed by atoms with Crippen LogP contribution in [0.25, 0.3) is 0 Å². The van der Waals surface area contributed by atoms with Crippen LogP contribution in [-0.2, 0) is 9.53 Å². The highest BCUT2D eigenvalue weighted by Gasteiger charge is 2.41. The minimum Gasteiger partial charge on any atom is -0.465 e. The van der Waals surface area contributed by atoms with Crippen LogP contribution in [0, 0.1) is 5.41 Å². The highest BCUT2D eigenvalue weighted by molar-refractivity contribution is 6.02. The number of carbonyl (C=O) groups excluding carboxylic acids is 2. The van der Waals surface area contributed by atoms with Crippen molar-refractivity contribution in [1.29, 1.82) is 0 Å². The van der Waals surface area contributed by atoms with E-state index in [9.17, 15) is 9.59 Å². The summed E-state index contributed by atoms with van der Waals surface area (Å²) < 4.78 is 16.0. The van der Waals surface area contributed by atoms with Crippen LogP contribution in [-0.4, -0.2) is 25.7 Å². The molecule has 0 saturated heterocycles. The average Bonchev–Trinajstić information content (AvgIpc) is 3.16. The molecule has 1 aliphatic carbocycles. The van der Waals surface area contributed by atoms with Gasteiger partial charge in [0.25, 0.3) is 0 Å². The topological polar surface area (TPSA) is 73.9 Å². The normalized spacial score (nSPS) is 20.9. The molecule has 3 aliphatic rings. The first-order chi connectivity index (χ1) is 14.4. The molecule has 1 atom stereocenters. The van der Waals surface area contributed by atoms with Gasteiger partial charge in [0, 0.05) is 35.4 Å². The molecule has 0 saturated carbocycles. The molecule has 6 heteroatoms. The van der Waals surface area contributed by atoms with E-state index < -0.39 is 0 Å². The first kappa shape index (κ1) is 18.7. The molecule has 1 N–H and O–H groups in total. The summed E-state index contributed by atoms with van der Waals surface area (Å²) in [6.45, 7) is 4.42. The number of benzene rings is 2. The number of nitrogens with one attached hydrogen (secondary N) is 1. The number of methoxy groups -OCH3 is 1. The van der Waals surface area contributed by atoms with Gasteiger partial charge in [0.1, 0.15) is 0 Å². The van der Waals surface area contributed by atoms with Crippen LogP contribution >= 0.6 is 0 Å². The Balaban J connectivity index is 1.67. The standard InChI is InChI=1S/C24H23NO5/c1-24(2)10-17-22(18(26)11-24)21(13-4-6-14(7-5-13)23(27)28-3)15-8-19-20(30-12-29-19)9-16(15)25-17/h4-9,21,25H,10-12H2,1-3H3/t21-/m0/s1. The van der Waals surface area contributed by atoms with Crippen molar-refractivity contribution < 1.29 is 23.8 Å². The highest BCUT2D eigenvalue weighted by Crippen LogP contribution is 2.51. The smallest absolute Gasteiger partial charge is 0.337 e. The number of ether oxygens (including phenoxy) is 3. The number of fused-ring (bicyclic) bond motifs is 2. The minimum atomic E-state index is -0.383. The molecule has 0 fully saturated rings. The number of allylic oxidation sites excluding steroid dienone is 2. The summed E-state index contributed by atoms with van der Waals surface area (Å²) >= 11 is 0. The molecule has 154 valence electrons. The van der Waals surface area contributed by atoms with Crippen molar-refractivity contribution in [2.75, 3.05) is 19.2 Å². The monoisotopic (exact) mass is 405 g/mol. The highest BCUT2D eigenvalue weighted by atomic mass is 16.7. The lowest BCUT2D eigenvalue weighted by Gasteiger charge is -2.39. The van der Waals surface area contributed by atoms with E-state index in [1.165, 1.54) is 7.11 Å². The second kappa shape index (κ2) is 6.62. The van der Waals surface area contributed by atoms with Crippen molar-refractivity contribution >= 4 is 17.4 Å². The lowest BCUT2D eigenvalue weighted by atomic mass is 9.68. The lowest BCUT2D eigenvalue weighted by Crippen LogP contribution is -2.33. The van der Waals surface area contributed by atoms with Gasteiger partial charge >= 0.3 is 5.97 Å². The molecule has 30 heavy (non-hydrogen) atoms. The fourth-order valence-corrected chi connectivity index (χ4v) is 4.68. The SMILES string of the molecule is COC(=O)c1ccc([C@@H]2C3=C(CC(C)(C)CC3=O)Nc3cc4c(cc32)OCO4)cc1. The molecule has 0 aromatic heterocycles. The van der Waals surface area contributed by atoms with Crippen LogP contribution in [0.5, 0.6) is 11.5 Å². The van der Waals surface area contributed by atoms with Crippen molar-refractivity contribution in [3.05, 3.63) is 64.4 Å². The molecule has 5 rings (SSSR count). The van der Waals surface area contributed by atoms with Gasteiger partial charge in [-0.25, -0.2) is 4.79 Å². The zero-order chi connectivity index (χ0) is 21.0. The molecule has 0 radical (unpaired) electrons. The summed E-state index contributed by atoms with van der Waals surface area (Å²) in [7, 11) is 1.36. The third-order valence-corrected chi connectivity index (χ3v) is 6.02. The van der Waals surface area contributed by atoms with Crippen LogP contribution < -0.4 is 14.8 Å². The summed E-state index contributed by atoms with van der Waals surface area (Å²) in [4.78, 5) is 25.1. The fraction of sp³-hybridized carbons (Fsp3) is 0.333. The van der Waals surface area contributed by atoms with Gasteiger partial charge in [0.05, 0.1) is 12.7 Å². The van der Waals surface area contributed by atoms with Crippen LogP contribution in [0.15, 0.2) is 47.7 Å². The largest absolute Gasteiger partial charge is 0.465 e. The molecule has 2 aromatic rings. The Labute approximate surface area is 174 Å². The summed E-state index contributed by atoms with van der Waals surface area (Å²) in [5.41, 5.74) is 4.98. The Morgan fingerprint density at radius 1 is 1.10 bits per heavy atom. The van der Waals surface area contributed by atoms with E-state index >= 15 is 0 Å². The number of Topliss-reactive ketones (excluding diaryl/α,β-unsaturated/α-hetero) is 1. The van der Waals surface area contributed by atoms with Gasteiger partial charge in [0.2, 0.25) is 6.79 Å². The molecular weight excluding hydrogens is 382 g/mol. The van der Waals surface area contributed by atoms with Crippen molar-refractivity contribution in [2.24, 2.45) is 5.41 Å². The summed E-state index contributed by atoms with van der Waals surface area (Å²) in [5, 5.41) is 3.50. The van der Waals surface area contributed by atoms with E-state index in [4.69, 9.17) is 14.2 Å². The van der Waals surface area contributed by atoms with Crippen LogP contribution in [0.1, 0.15) is 54.1 Å². The zero-order valence-electron chi connectivity index (χ0n) is 17.2. The molecular formula is C24H23NO5. The average molecular weight is 405 g/mol. The third-order valence-electron chi connectivity index (χ3n) is 6.02. The Kier molecular flexibility index (Phi) is 4.13. The van der Waals surface area contributed by atoms with Gasteiger partial charge in [-0.1, -0.05) is 26.0 Å². The number of anilines is 1. The number of hydrogen-bond acceptors (Lipinski definition) is 6. The van der Waals surface area contributed by atoms with E-state index in [-0.39, 0.29) is 29.9 Å². The van der Waals surface area contributed by atoms with Gasteiger partial charge in [-0.15, -0.1) is 0 Å². The Morgan fingerprint density at radius 2 is 1.80 bits per heavy atom. The summed E-state index contributed by atoms with van der Waals surface area (Å²) in [6.07, 6.45) is 1.29. The van der Waals surface area contributed by atoms with E-state index in [1.807, 2.05) is 24.3 Å². The number of hydrogen-bond donors (Lipinski definition) is 1. The maximum atomic E-state index is 13.3. The minimum absolute atomic E-state index is 0.101. The molecule has 0 spiro atoms. The van der Waals surface area contributed by atoms with Gasteiger partial charge in [-0.3, -0.25) is 4.79 Å². The second-order valence-corrected chi connectivity index (χ2v) is 8.80. The molecule has 2 heterocycles. The number of esters is 1. The first-order valence-electron chi connectivity index (χ1n) is 10.0. The van der Waals surface area contributed by atoms with Crippen LogP contribution in [0.4, 0.5) is 5.69 Å². The summed E-state index contributed by atoms with van der Waals surface area (Å²) in [5.74, 6) is 0.914. The van der Waals surface area contributed by atoms with E-state index in [0.29, 0.717) is 23.5 Å². The molecule has 0 bridgehead atoms. The Morgan fingerprint density at radius 3 is 2.50 bits per heavy atom. The fourth-order valence-electron chi connectivity index (χ4n) is 4.68. The Hall–Kier alpha value is -3.28. The third kappa shape index (κ3) is 2.95. The van der Waals surface area contributed by atoms with Gasteiger partial charge in [-0.05, 0) is 41.2 Å². The zero-order valence-corrected chi connectivity index (χ0v) is 17.2. The summed E-state index contributed by atoms with van der Waals surface area (Å²) in [6, 6.07) is 11.2. The van der Waals surface area contributed by atoms with Crippen LogP contribution in [0.2, 0.25) is 0 Å². The second-order valence-electron chi connectivity index (χ2n) is 8.80. The number of ketones is 1. The predicted octanol–water partition coefficient (Wildman–Crippen LogP) is 4.40. The Bertz CT molecular complexity index is 1100. The van der Waals surface area contributed by atoms with Gasteiger partial charge in [0.15, 0.2) is 17.3 Å². The van der Waals surface area contributed by atoms with E-state index in [0.717, 1.165) is 34.5 Å². The van der Waals surface area contributed by atoms with E-state index in [1.54, 1.807) is 12.1 Å². The van der Waals surface area contributed by atoms with Crippen molar-refractivity contribution in [2.45, 2.75) is 32.6 Å². The predicted molar refractivity (Wildman–Crippen MR) is 111 cm³/mol. The van der Waals surface area contributed by atoms with Gasteiger partial charge in [-0.2, -0.15) is 0 Å². The maximum absolute atomic E-state index is 13.3. The lowest BCUT2D eigenvalue weighted by molar-refractivity contribution is -0.118. The number of carbonyl (C=O) groups is 2. The quantitative estimate of drug-likeness (QED) is 0.747. The van der Waals surface area contributed by atoms with Crippen molar-refractivity contribution in [1.82, 2.24) is 0 Å². The van der Waals surface area contributed by atoms with E-state index in [2.05, 4.69) is 19.2 Å². The first-order valence-corrected chi connectivity index (χ1v) is 10.0. The van der Waals surface area contributed by atoms with Gasteiger partial charge < -0.3 is 19.5 Å². The molecule has 6 nitrogen and oxygen atoms in total. The van der Waals surface area contributed by atoms with Crippen LogP contribution in [0.3, 0.4) is 0 Å². The molecule has 0 unspecified atom stereocenters. The molecule has 2 aromatic carbocycles. The number of rotatable bonds is 2. The van der Waals surface area contributed by atoms with Crippen molar-refractivity contribution in [3.8, 4) is 11.5 Å².